The van der Waals surface area contributed by atoms with Crippen molar-refractivity contribution in [2.45, 2.75) is 20.8 Å². The van der Waals surface area contributed by atoms with E-state index in [1.54, 1.807) is 6.20 Å². The van der Waals surface area contributed by atoms with E-state index in [1.807, 2.05) is 31.4 Å². The van der Waals surface area contributed by atoms with Gasteiger partial charge in [0.25, 0.3) is 0 Å². The van der Waals surface area contributed by atoms with Crippen LogP contribution in [0.3, 0.4) is 0 Å². The lowest BCUT2D eigenvalue weighted by Gasteiger charge is -2.04. The first-order chi connectivity index (χ1) is 5.70. The zero-order valence-corrected chi connectivity index (χ0v) is 7.50. The molecule has 0 unspecified atom stereocenters. The van der Waals surface area contributed by atoms with Gasteiger partial charge in [0.1, 0.15) is 11.5 Å². The molecule has 2 rings (SSSR count). The molecule has 2 aromatic heterocycles. The van der Waals surface area contributed by atoms with Gasteiger partial charge in [-0.3, -0.25) is 4.40 Å². The summed E-state index contributed by atoms with van der Waals surface area (Å²) in [5, 5.41) is 0. The molecule has 3 heteroatoms. The Hall–Kier alpha value is -1.38. The van der Waals surface area contributed by atoms with Gasteiger partial charge in [-0.05, 0) is 20.8 Å². The van der Waals surface area contributed by atoms with Crippen LogP contribution in [-0.2, 0) is 0 Å². The predicted octanol–water partition coefficient (Wildman–Crippen LogP) is 1.65. The van der Waals surface area contributed by atoms with Gasteiger partial charge < -0.3 is 0 Å². The van der Waals surface area contributed by atoms with Crippen molar-refractivity contribution in [2.75, 3.05) is 0 Å². The molecule has 0 aliphatic carbocycles. The summed E-state index contributed by atoms with van der Waals surface area (Å²) in [6.45, 7) is 6.04. The lowest BCUT2D eigenvalue weighted by atomic mass is 10.2. The largest absolute Gasteiger partial charge is 0.288 e. The van der Waals surface area contributed by atoms with Gasteiger partial charge in [-0.25, -0.2) is 9.97 Å². The molecule has 0 N–H and O–H groups in total. The number of imidazole rings is 1. The second kappa shape index (κ2) is 2.30. The normalized spacial score (nSPS) is 10.9. The fourth-order valence-electron chi connectivity index (χ4n) is 1.38. The molecule has 0 aliphatic rings. The molecule has 0 aliphatic heterocycles. The van der Waals surface area contributed by atoms with Crippen LogP contribution in [0.2, 0.25) is 0 Å². The molecule has 0 fully saturated rings. The minimum atomic E-state index is 0.991. The first-order valence-corrected chi connectivity index (χ1v) is 3.97. The van der Waals surface area contributed by atoms with E-state index in [0.717, 1.165) is 22.7 Å². The van der Waals surface area contributed by atoms with Crippen LogP contribution in [0.4, 0.5) is 0 Å². The number of hydrogen-bond acceptors (Lipinski definition) is 2. The summed E-state index contributed by atoms with van der Waals surface area (Å²) in [5.74, 6) is 0.991. The van der Waals surface area contributed by atoms with Crippen molar-refractivity contribution in [3.8, 4) is 0 Å². The summed E-state index contributed by atoms with van der Waals surface area (Å²) in [5.41, 5.74) is 3.23. The fourth-order valence-corrected chi connectivity index (χ4v) is 1.38. The second-order valence-electron chi connectivity index (χ2n) is 2.99. The van der Waals surface area contributed by atoms with Crippen molar-refractivity contribution in [1.82, 2.24) is 14.4 Å². The monoisotopic (exact) mass is 161 g/mol. The van der Waals surface area contributed by atoms with Gasteiger partial charge in [-0.15, -0.1) is 0 Å². The van der Waals surface area contributed by atoms with Gasteiger partial charge in [-0.2, -0.15) is 0 Å². The quantitative estimate of drug-likeness (QED) is 0.588. The lowest BCUT2D eigenvalue weighted by Crippen LogP contribution is -1.99. The first-order valence-electron chi connectivity index (χ1n) is 3.97. The van der Waals surface area contributed by atoms with Crippen LogP contribution in [0.1, 0.15) is 17.1 Å². The minimum absolute atomic E-state index is 0.991. The predicted molar refractivity (Wildman–Crippen MR) is 47.2 cm³/mol. The van der Waals surface area contributed by atoms with Crippen molar-refractivity contribution in [3.05, 3.63) is 29.5 Å². The third-order valence-electron chi connectivity index (χ3n) is 2.20. The van der Waals surface area contributed by atoms with E-state index in [0.29, 0.717) is 0 Å². The van der Waals surface area contributed by atoms with Crippen LogP contribution in [0.15, 0.2) is 12.4 Å². The third-order valence-corrected chi connectivity index (χ3v) is 2.20. The second-order valence-corrected chi connectivity index (χ2v) is 2.99. The molecule has 12 heavy (non-hydrogen) atoms. The SMILES string of the molecule is Cc1nc(C)n2ccnc2c1C. The van der Waals surface area contributed by atoms with Crippen molar-refractivity contribution >= 4 is 5.65 Å². The summed E-state index contributed by atoms with van der Waals surface area (Å²) >= 11 is 0. The summed E-state index contributed by atoms with van der Waals surface area (Å²) in [7, 11) is 0. The zero-order valence-electron chi connectivity index (χ0n) is 7.50. The number of nitrogens with zero attached hydrogens (tertiary/aromatic N) is 3. The number of rotatable bonds is 0. The van der Waals surface area contributed by atoms with Gasteiger partial charge in [-0.1, -0.05) is 0 Å². The summed E-state index contributed by atoms with van der Waals surface area (Å²) in [6.07, 6.45) is 3.74. The maximum Gasteiger partial charge on any atom is 0.142 e. The Labute approximate surface area is 71.1 Å². The van der Waals surface area contributed by atoms with E-state index in [9.17, 15) is 0 Å². The van der Waals surface area contributed by atoms with Crippen molar-refractivity contribution < 1.29 is 0 Å². The molecule has 0 saturated heterocycles. The van der Waals surface area contributed by atoms with E-state index in [2.05, 4.69) is 9.97 Å². The van der Waals surface area contributed by atoms with E-state index in [4.69, 9.17) is 0 Å². The van der Waals surface area contributed by atoms with Gasteiger partial charge >= 0.3 is 0 Å². The molecule has 2 aromatic rings. The molecular weight excluding hydrogens is 150 g/mol. The van der Waals surface area contributed by atoms with Crippen LogP contribution in [0.5, 0.6) is 0 Å². The lowest BCUT2D eigenvalue weighted by molar-refractivity contribution is 0.944. The highest BCUT2D eigenvalue weighted by atomic mass is 15.1. The Morgan fingerprint density at radius 2 is 2.00 bits per heavy atom. The smallest absolute Gasteiger partial charge is 0.142 e. The molecular formula is C9H11N3. The Bertz CT molecular complexity index is 429. The molecule has 0 saturated carbocycles. The van der Waals surface area contributed by atoms with Gasteiger partial charge in [0, 0.05) is 23.7 Å². The minimum Gasteiger partial charge on any atom is -0.288 e. The van der Waals surface area contributed by atoms with Crippen molar-refractivity contribution in [2.24, 2.45) is 0 Å². The highest BCUT2D eigenvalue weighted by Gasteiger charge is 2.04. The summed E-state index contributed by atoms with van der Waals surface area (Å²) in [6, 6.07) is 0. The third kappa shape index (κ3) is 0.826. The van der Waals surface area contributed by atoms with Crippen LogP contribution in [0, 0.1) is 20.8 Å². The maximum atomic E-state index is 4.40. The average molecular weight is 161 g/mol. The molecule has 3 nitrogen and oxygen atoms in total. The fraction of sp³-hybridized carbons (Fsp3) is 0.333. The Morgan fingerprint density at radius 1 is 1.25 bits per heavy atom. The molecule has 0 spiro atoms. The van der Waals surface area contributed by atoms with Crippen LogP contribution >= 0.6 is 0 Å². The Kier molecular flexibility index (Phi) is 1.40. The van der Waals surface area contributed by atoms with Gasteiger partial charge in [0.2, 0.25) is 0 Å². The van der Waals surface area contributed by atoms with E-state index < -0.39 is 0 Å². The number of hydrogen-bond donors (Lipinski definition) is 0. The molecule has 62 valence electrons. The maximum absolute atomic E-state index is 4.40. The molecule has 0 radical (unpaired) electrons. The number of fused-ring (bicyclic) bond motifs is 1. The molecule has 0 amide bonds. The van der Waals surface area contributed by atoms with Gasteiger partial charge in [0.15, 0.2) is 0 Å². The van der Waals surface area contributed by atoms with Crippen LogP contribution in [-0.4, -0.2) is 14.4 Å². The summed E-state index contributed by atoms with van der Waals surface area (Å²) < 4.78 is 2.00. The Morgan fingerprint density at radius 3 is 2.75 bits per heavy atom. The van der Waals surface area contributed by atoms with Gasteiger partial charge in [0.05, 0.1) is 0 Å². The van der Waals surface area contributed by atoms with Crippen LogP contribution < -0.4 is 0 Å². The highest BCUT2D eigenvalue weighted by Crippen LogP contribution is 2.11. The van der Waals surface area contributed by atoms with E-state index >= 15 is 0 Å². The molecule has 2 heterocycles. The van der Waals surface area contributed by atoms with E-state index in [-0.39, 0.29) is 0 Å². The topological polar surface area (TPSA) is 30.2 Å². The highest BCUT2D eigenvalue weighted by molar-refractivity contribution is 5.49. The molecule has 0 aromatic carbocycles. The average Bonchev–Trinajstić information content (AvgIpc) is 2.48. The zero-order chi connectivity index (χ0) is 8.72. The van der Waals surface area contributed by atoms with E-state index in [1.165, 1.54) is 0 Å². The number of aryl methyl sites for hydroxylation is 3. The summed E-state index contributed by atoms with van der Waals surface area (Å²) in [4.78, 5) is 8.66. The van der Waals surface area contributed by atoms with Crippen LogP contribution in [0.25, 0.3) is 5.65 Å². The molecule has 0 atom stereocenters. The Balaban J connectivity index is 2.97. The standard InChI is InChI=1S/C9H11N3/c1-6-7(2)11-8(3)12-5-4-10-9(6)12/h4-5H,1-3H3. The van der Waals surface area contributed by atoms with Crippen molar-refractivity contribution in [3.63, 3.8) is 0 Å². The molecule has 0 bridgehead atoms. The van der Waals surface area contributed by atoms with Crippen molar-refractivity contribution in [1.29, 1.82) is 0 Å². The first kappa shape index (κ1) is 7.28. The number of aromatic nitrogens is 3.